The Bertz CT molecular complexity index is 1360. The molecule has 154 valence electrons. The van der Waals surface area contributed by atoms with Crippen molar-refractivity contribution in [2.75, 3.05) is 0 Å². The molecule has 1 aliphatic rings. The Morgan fingerprint density at radius 1 is 1.23 bits per heavy atom. The van der Waals surface area contributed by atoms with Gasteiger partial charge in [-0.25, -0.2) is 24.0 Å². The zero-order chi connectivity index (χ0) is 21.5. The number of hydrogen-bond donors (Lipinski definition) is 1. The summed E-state index contributed by atoms with van der Waals surface area (Å²) >= 11 is 0. The predicted octanol–water partition coefficient (Wildman–Crippen LogP) is 2.59. The maximum Gasteiger partial charge on any atom is 0.263 e. The molecule has 3 atom stereocenters. The molecule has 0 bridgehead atoms. The minimum atomic E-state index is -0.456. The normalized spacial score (nSPS) is 19.0. The number of aromatic amines is 1. The van der Waals surface area contributed by atoms with E-state index in [0.29, 0.717) is 17.2 Å². The number of nitrogens with one attached hydrogen (secondary N) is 1. The van der Waals surface area contributed by atoms with Crippen LogP contribution in [-0.2, 0) is 0 Å². The van der Waals surface area contributed by atoms with Crippen molar-refractivity contribution >= 4 is 11.0 Å². The predicted molar refractivity (Wildman–Crippen MR) is 108 cm³/mol. The second kappa shape index (κ2) is 7.36. The van der Waals surface area contributed by atoms with Gasteiger partial charge in [0.05, 0.1) is 17.9 Å². The molecule has 5 rings (SSSR count). The third kappa shape index (κ3) is 3.15. The molecule has 0 spiro atoms. The molecule has 0 aromatic carbocycles. The molecular weight excluding hydrogens is 399 g/mol. The van der Waals surface area contributed by atoms with Crippen LogP contribution in [-0.4, -0.2) is 34.7 Å². The molecule has 4 aromatic heterocycles. The van der Waals surface area contributed by atoms with E-state index in [0.717, 1.165) is 24.9 Å². The summed E-state index contributed by atoms with van der Waals surface area (Å²) < 4.78 is 14.8. The number of pyridine rings is 1. The van der Waals surface area contributed by atoms with Crippen molar-refractivity contribution < 1.29 is 4.39 Å². The van der Waals surface area contributed by atoms with E-state index in [4.69, 9.17) is 4.98 Å². The summed E-state index contributed by atoms with van der Waals surface area (Å²) in [6.07, 6.45) is 6.25. The Hall–Kier alpha value is -4.00. The highest BCUT2D eigenvalue weighted by Crippen LogP contribution is 2.46. The van der Waals surface area contributed by atoms with Gasteiger partial charge in [-0.05, 0) is 38.0 Å². The SMILES string of the molecule is C[C@@H](c1ccc(F)cn1)n1nc(C#N)c2c(=O)[nH]c([C@H]3CC[C@@H]3c3ncccn3)nc21. The summed E-state index contributed by atoms with van der Waals surface area (Å²) in [7, 11) is 0. The molecule has 1 aliphatic carbocycles. The third-order valence-corrected chi connectivity index (χ3v) is 5.77. The van der Waals surface area contributed by atoms with Crippen molar-refractivity contribution in [1.82, 2.24) is 34.7 Å². The fourth-order valence-electron chi connectivity index (χ4n) is 3.98. The number of halogens is 1. The molecule has 0 unspecified atom stereocenters. The van der Waals surface area contributed by atoms with Crippen LogP contribution in [0, 0.1) is 17.1 Å². The van der Waals surface area contributed by atoms with E-state index in [2.05, 4.69) is 25.0 Å². The molecule has 4 heterocycles. The van der Waals surface area contributed by atoms with Crippen LogP contribution in [0.1, 0.15) is 60.7 Å². The van der Waals surface area contributed by atoms with Gasteiger partial charge in [0.15, 0.2) is 11.3 Å². The molecule has 31 heavy (non-hydrogen) atoms. The van der Waals surface area contributed by atoms with Crippen LogP contribution in [0.3, 0.4) is 0 Å². The molecule has 10 heteroatoms. The lowest BCUT2D eigenvalue weighted by molar-refractivity contribution is 0.318. The fraction of sp³-hybridized carbons (Fsp3) is 0.286. The summed E-state index contributed by atoms with van der Waals surface area (Å²) in [6, 6.07) is 6.12. The molecule has 1 N–H and O–H groups in total. The standard InChI is InChI=1S/C21H17FN8O/c1-11(15-6-3-12(22)10-26-15)30-20-17(16(9-23)29-30)21(31)28-19(27-20)14-5-4-13(14)18-24-7-2-8-25-18/h2-3,6-8,10-11,13-14H,4-5H2,1H3,(H,27,28,31)/t11-,13-,14-/m0/s1. The first-order valence-electron chi connectivity index (χ1n) is 9.87. The highest BCUT2D eigenvalue weighted by molar-refractivity contribution is 5.80. The smallest absolute Gasteiger partial charge is 0.263 e. The van der Waals surface area contributed by atoms with Gasteiger partial charge in [0, 0.05) is 24.2 Å². The molecule has 0 aliphatic heterocycles. The Morgan fingerprint density at radius 2 is 2.00 bits per heavy atom. The lowest BCUT2D eigenvalue weighted by atomic mass is 9.72. The average molecular weight is 416 g/mol. The molecule has 0 saturated heterocycles. The highest BCUT2D eigenvalue weighted by atomic mass is 19.1. The van der Waals surface area contributed by atoms with Crippen molar-refractivity contribution in [3.63, 3.8) is 0 Å². The number of nitriles is 1. The molecule has 4 aromatic rings. The zero-order valence-corrected chi connectivity index (χ0v) is 16.5. The van der Waals surface area contributed by atoms with E-state index in [1.54, 1.807) is 31.5 Å². The summed E-state index contributed by atoms with van der Waals surface area (Å²) in [4.78, 5) is 33.2. The summed E-state index contributed by atoms with van der Waals surface area (Å²) in [5.74, 6) is 0.815. The maximum absolute atomic E-state index is 13.3. The van der Waals surface area contributed by atoms with E-state index < -0.39 is 17.4 Å². The second-order valence-electron chi connectivity index (χ2n) is 7.53. The van der Waals surface area contributed by atoms with Gasteiger partial charge in [0.2, 0.25) is 0 Å². The van der Waals surface area contributed by atoms with Crippen molar-refractivity contribution in [1.29, 1.82) is 5.26 Å². The van der Waals surface area contributed by atoms with Crippen LogP contribution in [0.2, 0.25) is 0 Å². The second-order valence-corrected chi connectivity index (χ2v) is 7.53. The van der Waals surface area contributed by atoms with Crippen LogP contribution in [0.4, 0.5) is 4.39 Å². The molecule has 1 saturated carbocycles. The lowest BCUT2D eigenvalue weighted by Gasteiger charge is -2.34. The molecule has 0 amide bonds. The van der Waals surface area contributed by atoms with Crippen LogP contribution < -0.4 is 5.56 Å². The van der Waals surface area contributed by atoms with Gasteiger partial charge in [0.1, 0.15) is 28.9 Å². The van der Waals surface area contributed by atoms with Gasteiger partial charge in [0.25, 0.3) is 5.56 Å². The van der Waals surface area contributed by atoms with E-state index in [9.17, 15) is 14.4 Å². The van der Waals surface area contributed by atoms with Crippen molar-refractivity contribution in [2.24, 2.45) is 0 Å². The Morgan fingerprint density at radius 3 is 2.65 bits per heavy atom. The van der Waals surface area contributed by atoms with Gasteiger partial charge in [-0.15, -0.1) is 0 Å². The summed E-state index contributed by atoms with van der Waals surface area (Å²) in [5, 5.41) is 13.9. The van der Waals surface area contributed by atoms with E-state index in [-0.39, 0.29) is 22.9 Å². The lowest BCUT2D eigenvalue weighted by Crippen LogP contribution is -2.28. The Kier molecular flexibility index (Phi) is 4.51. The summed E-state index contributed by atoms with van der Waals surface area (Å²) in [6.45, 7) is 1.81. The number of aromatic nitrogens is 7. The first kappa shape index (κ1) is 19.0. The van der Waals surface area contributed by atoms with E-state index in [1.807, 2.05) is 6.07 Å². The van der Waals surface area contributed by atoms with Crippen LogP contribution in [0.5, 0.6) is 0 Å². The Balaban J connectivity index is 1.61. The highest BCUT2D eigenvalue weighted by Gasteiger charge is 2.37. The van der Waals surface area contributed by atoms with E-state index in [1.165, 1.54) is 10.7 Å². The molecule has 9 nitrogen and oxygen atoms in total. The number of nitrogens with zero attached hydrogens (tertiary/aromatic N) is 7. The summed E-state index contributed by atoms with van der Waals surface area (Å²) in [5.41, 5.74) is 0.411. The molecular formula is C21H17FN8O. The zero-order valence-electron chi connectivity index (χ0n) is 16.5. The van der Waals surface area contributed by atoms with E-state index >= 15 is 0 Å². The van der Waals surface area contributed by atoms with Gasteiger partial charge >= 0.3 is 0 Å². The van der Waals surface area contributed by atoms with Crippen LogP contribution in [0.15, 0.2) is 41.6 Å². The third-order valence-electron chi connectivity index (χ3n) is 5.77. The minimum absolute atomic E-state index is 0.0131. The molecule has 1 fully saturated rings. The minimum Gasteiger partial charge on any atom is -0.310 e. The first-order valence-corrected chi connectivity index (χ1v) is 9.87. The number of hydrogen-bond acceptors (Lipinski definition) is 7. The monoisotopic (exact) mass is 416 g/mol. The van der Waals surface area contributed by atoms with Gasteiger partial charge in [-0.1, -0.05) is 0 Å². The fourth-order valence-corrected chi connectivity index (χ4v) is 3.98. The number of rotatable bonds is 4. The number of fused-ring (bicyclic) bond motifs is 1. The van der Waals surface area contributed by atoms with Gasteiger partial charge in [-0.2, -0.15) is 10.4 Å². The van der Waals surface area contributed by atoms with Crippen molar-refractivity contribution in [2.45, 2.75) is 37.6 Å². The largest absolute Gasteiger partial charge is 0.310 e. The van der Waals surface area contributed by atoms with Crippen molar-refractivity contribution in [3.05, 3.63) is 76.0 Å². The van der Waals surface area contributed by atoms with Gasteiger partial charge < -0.3 is 4.98 Å². The Labute approximate surface area is 175 Å². The number of H-pyrrole nitrogens is 1. The van der Waals surface area contributed by atoms with Crippen LogP contribution in [0.25, 0.3) is 11.0 Å². The average Bonchev–Trinajstić information content (AvgIpc) is 3.13. The van der Waals surface area contributed by atoms with Gasteiger partial charge in [-0.3, -0.25) is 9.78 Å². The quantitative estimate of drug-likeness (QED) is 0.542. The maximum atomic E-state index is 13.3. The van der Waals surface area contributed by atoms with Crippen LogP contribution >= 0.6 is 0 Å². The molecule has 0 radical (unpaired) electrons. The topological polar surface area (TPSA) is 126 Å². The van der Waals surface area contributed by atoms with Crippen molar-refractivity contribution in [3.8, 4) is 6.07 Å². The first-order chi connectivity index (χ1) is 15.1.